The maximum Gasteiger partial charge on any atom is 0.253 e. The number of aryl methyl sites for hydroxylation is 2. The van der Waals surface area contributed by atoms with Gasteiger partial charge in [0.2, 0.25) is 0 Å². The van der Waals surface area contributed by atoms with Crippen LogP contribution in [-0.4, -0.2) is 47.5 Å². The minimum absolute atomic E-state index is 0.535. The van der Waals surface area contributed by atoms with Crippen molar-refractivity contribution in [3.05, 3.63) is 70.5 Å². The molecule has 0 N–H and O–H groups in total. The zero-order valence-corrected chi connectivity index (χ0v) is 21.8. The highest BCUT2D eigenvalue weighted by Crippen LogP contribution is 2.27. The van der Waals surface area contributed by atoms with Crippen LogP contribution in [0.5, 0.6) is 5.75 Å². The second kappa shape index (κ2) is 10.3. The Morgan fingerprint density at radius 3 is 2.23 bits per heavy atom. The van der Waals surface area contributed by atoms with Crippen molar-refractivity contribution >= 4 is 28.9 Å². The summed E-state index contributed by atoms with van der Waals surface area (Å²) in [4.78, 5) is 17.1. The molecule has 0 fully saturated rings. The van der Waals surface area contributed by atoms with Crippen molar-refractivity contribution < 1.29 is 4.74 Å². The lowest BCUT2D eigenvalue weighted by Crippen LogP contribution is -2.21. The van der Waals surface area contributed by atoms with Crippen LogP contribution < -0.4 is 9.64 Å². The highest BCUT2D eigenvalue weighted by molar-refractivity contribution is 6.53. The van der Waals surface area contributed by atoms with E-state index in [9.17, 15) is 0 Å². The Labute approximate surface area is 207 Å². The summed E-state index contributed by atoms with van der Waals surface area (Å²) in [6.07, 6.45) is 0.916. The fraction of sp³-hybridized carbons (Fsp3) is 0.357. The zero-order valence-electron chi connectivity index (χ0n) is 21.8. The lowest BCUT2D eigenvalue weighted by Gasteiger charge is -2.21. The third kappa shape index (κ3) is 4.76. The number of benzene rings is 2. The molecule has 1 aliphatic rings. The number of ether oxygens (including phenoxy) is 1. The first kappa shape index (κ1) is 24.4. The molecule has 7 heteroatoms. The fourth-order valence-corrected chi connectivity index (χ4v) is 4.48. The molecule has 1 aromatic heterocycles. The minimum atomic E-state index is 0.535. The van der Waals surface area contributed by atoms with Gasteiger partial charge in [-0.05, 0) is 94.6 Å². The normalized spacial score (nSPS) is 14.3. The molecule has 1 aliphatic heterocycles. The molecule has 2 aromatic carbocycles. The van der Waals surface area contributed by atoms with Crippen molar-refractivity contribution in [2.24, 2.45) is 15.0 Å². The molecule has 0 bridgehead atoms. The van der Waals surface area contributed by atoms with E-state index in [-0.39, 0.29) is 0 Å². The molecule has 0 unspecified atom stereocenters. The van der Waals surface area contributed by atoms with Gasteiger partial charge < -0.3 is 9.64 Å². The van der Waals surface area contributed by atoms with E-state index in [1.807, 2.05) is 35.9 Å². The van der Waals surface area contributed by atoms with Gasteiger partial charge in [0.1, 0.15) is 11.5 Å². The van der Waals surface area contributed by atoms with Crippen LogP contribution in [0.25, 0.3) is 0 Å². The number of hydrogen-bond acceptors (Lipinski definition) is 5. The molecule has 182 valence electrons. The summed E-state index contributed by atoms with van der Waals surface area (Å²) in [5.41, 5.74) is 8.11. The molecule has 0 atom stereocenters. The Morgan fingerprint density at radius 2 is 1.66 bits per heavy atom. The van der Waals surface area contributed by atoms with Gasteiger partial charge in [0, 0.05) is 30.0 Å². The Morgan fingerprint density at radius 1 is 0.943 bits per heavy atom. The molecule has 4 rings (SSSR count). The summed E-state index contributed by atoms with van der Waals surface area (Å²) >= 11 is 0. The number of hydrogen-bond donors (Lipinski definition) is 0. The number of aromatic nitrogens is 2. The van der Waals surface area contributed by atoms with Crippen LogP contribution in [0.1, 0.15) is 48.8 Å². The summed E-state index contributed by atoms with van der Waals surface area (Å²) in [6, 6.07) is 14.2. The van der Waals surface area contributed by atoms with Gasteiger partial charge >= 0.3 is 0 Å². The topological polar surface area (TPSA) is 67.4 Å². The smallest absolute Gasteiger partial charge is 0.253 e. The quantitative estimate of drug-likeness (QED) is 0.447. The van der Waals surface area contributed by atoms with Gasteiger partial charge in [0.05, 0.1) is 18.5 Å². The number of methoxy groups -OCH3 is 1. The minimum Gasteiger partial charge on any atom is -0.497 e. The Bertz CT molecular complexity index is 1310. The van der Waals surface area contributed by atoms with E-state index in [2.05, 4.69) is 57.7 Å². The fourth-order valence-electron chi connectivity index (χ4n) is 4.48. The molecule has 2 heterocycles. The first-order valence-electron chi connectivity index (χ1n) is 12.2. The van der Waals surface area contributed by atoms with E-state index >= 15 is 0 Å². The van der Waals surface area contributed by atoms with Crippen LogP contribution in [0.15, 0.2) is 57.4 Å². The van der Waals surface area contributed by atoms with Crippen LogP contribution in [0.3, 0.4) is 0 Å². The van der Waals surface area contributed by atoms with Crippen LogP contribution >= 0.6 is 0 Å². The zero-order chi connectivity index (χ0) is 25.1. The molecular weight excluding hydrogens is 436 g/mol. The monoisotopic (exact) mass is 470 g/mol. The van der Waals surface area contributed by atoms with Gasteiger partial charge in [0.15, 0.2) is 5.84 Å². The molecule has 0 radical (unpaired) electrons. The third-order valence-electron chi connectivity index (χ3n) is 6.51. The molecule has 0 spiro atoms. The van der Waals surface area contributed by atoms with Gasteiger partial charge in [-0.1, -0.05) is 6.92 Å². The summed E-state index contributed by atoms with van der Waals surface area (Å²) in [5, 5.41) is 4.73. The van der Waals surface area contributed by atoms with Gasteiger partial charge in [-0.3, -0.25) is 0 Å². The van der Waals surface area contributed by atoms with E-state index in [1.54, 1.807) is 7.11 Å². The number of amidine groups is 1. The molecule has 0 saturated carbocycles. The van der Waals surface area contributed by atoms with Gasteiger partial charge in [-0.25, -0.2) is 14.7 Å². The summed E-state index contributed by atoms with van der Waals surface area (Å²) in [6.45, 7) is 14.6. The number of nitrogens with zero attached hydrogens (tertiary/aromatic N) is 6. The van der Waals surface area contributed by atoms with Gasteiger partial charge in [-0.15, -0.1) is 0 Å². The van der Waals surface area contributed by atoms with Crippen molar-refractivity contribution in [1.29, 1.82) is 0 Å². The number of aliphatic imine (C=N–C) groups is 3. The molecule has 3 aromatic rings. The highest BCUT2D eigenvalue weighted by Gasteiger charge is 2.24. The molecule has 0 aliphatic carbocycles. The van der Waals surface area contributed by atoms with Crippen LogP contribution in [-0.2, 0) is 6.42 Å². The number of rotatable bonds is 7. The van der Waals surface area contributed by atoms with Crippen LogP contribution in [0.4, 0.5) is 11.4 Å². The van der Waals surface area contributed by atoms with Gasteiger partial charge in [0.25, 0.3) is 5.96 Å². The molecule has 0 saturated heterocycles. The van der Waals surface area contributed by atoms with Crippen molar-refractivity contribution in [3.63, 3.8) is 0 Å². The second-order valence-corrected chi connectivity index (χ2v) is 8.59. The van der Waals surface area contributed by atoms with E-state index < -0.39 is 0 Å². The predicted molar refractivity (Wildman–Crippen MR) is 145 cm³/mol. The number of anilines is 1. The molecule has 7 nitrogen and oxygen atoms in total. The first-order chi connectivity index (χ1) is 16.9. The van der Waals surface area contributed by atoms with Crippen molar-refractivity contribution in [1.82, 2.24) is 9.78 Å². The highest BCUT2D eigenvalue weighted by atomic mass is 16.5. The predicted octanol–water partition coefficient (Wildman–Crippen LogP) is 5.66. The van der Waals surface area contributed by atoms with Crippen molar-refractivity contribution in [2.45, 2.75) is 48.0 Å². The second-order valence-electron chi connectivity index (χ2n) is 8.59. The summed E-state index contributed by atoms with van der Waals surface area (Å²) in [5.74, 6) is 1.91. The van der Waals surface area contributed by atoms with Crippen molar-refractivity contribution in [2.75, 3.05) is 25.1 Å². The Kier molecular flexibility index (Phi) is 7.15. The van der Waals surface area contributed by atoms with E-state index in [4.69, 9.17) is 24.8 Å². The molecular formula is C28H34N6O. The summed E-state index contributed by atoms with van der Waals surface area (Å²) < 4.78 is 7.17. The maximum atomic E-state index is 5.34. The average Bonchev–Trinajstić information content (AvgIpc) is 3.41. The van der Waals surface area contributed by atoms with E-state index in [0.29, 0.717) is 11.8 Å². The first-order valence-corrected chi connectivity index (χ1v) is 12.2. The lowest BCUT2D eigenvalue weighted by atomic mass is 10.1. The SMILES string of the molecule is CCc1c(C)nn(C2=NC(=Nc3ccc(N(CC)CC)cc3C)C(c3ccc(OC)cc3)=N2)c1C. The molecule has 0 amide bonds. The Balaban J connectivity index is 1.81. The van der Waals surface area contributed by atoms with Crippen molar-refractivity contribution in [3.8, 4) is 5.75 Å². The standard InChI is InChI=1S/C28H34N6O/c1-8-24-19(5)32-34(20(24)6)28-30-26(21-11-14-23(35-7)15-12-21)27(31-28)29-25-16-13-22(17-18(25)4)33(9-2)10-3/h11-17H,8-10H2,1-7H3. The van der Waals surface area contributed by atoms with E-state index in [0.717, 1.165) is 59.2 Å². The van der Waals surface area contributed by atoms with Crippen LogP contribution in [0, 0.1) is 20.8 Å². The third-order valence-corrected chi connectivity index (χ3v) is 6.51. The average molecular weight is 471 g/mol. The summed E-state index contributed by atoms with van der Waals surface area (Å²) in [7, 11) is 1.66. The largest absolute Gasteiger partial charge is 0.497 e. The van der Waals surface area contributed by atoms with Crippen LogP contribution in [0.2, 0.25) is 0 Å². The molecule has 35 heavy (non-hydrogen) atoms. The maximum absolute atomic E-state index is 5.34. The van der Waals surface area contributed by atoms with E-state index in [1.165, 1.54) is 11.3 Å². The Hall–Kier alpha value is -3.74. The lowest BCUT2D eigenvalue weighted by molar-refractivity contribution is 0.415. The van der Waals surface area contributed by atoms with Gasteiger partial charge in [-0.2, -0.15) is 10.1 Å².